The van der Waals surface area contributed by atoms with E-state index in [2.05, 4.69) is 9.97 Å². The van der Waals surface area contributed by atoms with Gasteiger partial charge in [-0.15, -0.1) is 0 Å². The number of nitrogens with zero attached hydrogens (tertiary/aromatic N) is 4. The smallest absolute Gasteiger partial charge is 0.330 e. The highest BCUT2D eigenvalue weighted by Gasteiger charge is 2.34. The Labute approximate surface area is 100.0 Å². The molecule has 1 saturated heterocycles. The quantitative estimate of drug-likeness (QED) is 0.459. The fraction of sp³-hybridized carbons (Fsp3) is 0.375. The Balaban J connectivity index is 2.46. The molecule has 1 fully saturated rings. The van der Waals surface area contributed by atoms with Crippen molar-refractivity contribution in [2.45, 2.75) is 12.5 Å². The molecule has 1 unspecified atom stereocenters. The van der Waals surface area contributed by atoms with E-state index < -0.39 is 22.6 Å². The second kappa shape index (κ2) is 4.22. The third kappa shape index (κ3) is 2.17. The molecule has 2 heterocycles. The topological polar surface area (TPSA) is 109 Å². The summed E-state index contributed by atoms with van der Waals surface area (Å²) in [6.45, 7) is -0.0347. The molecule has 0 aromatic carbocycles. The van der Waals surface area contributed by atoms with E-state index in [-0.39, 0.29) is 24.1 Å². The van der Waals surface area contributed by atoms with E-state index in [9.17, 15) is 20.0 Å². The summed E-state index contributed by atoms with van der Waals surface area (Å²) >= 11 is 5.54. The van der Waals surface area contributed by atoms with Crippen molar-refractivity contribution >= 4 is 29.0 Å². The molecule has 0 saturated carbocycles. The highest BCUT2D eigenvalue weighted by Crippen LogP contribution is 2.29. The molecule has 0 spiro atoms. The molecule has 1 amide bonds. The summed E-state index contributed by atoms with van der Waals surface area (Å²) in [5, 5.41) is 19.9. The minimum absolute atomic E-state index is 0.0347. The molecule has 0 radical (unpaired) electrons. The van der Waals surface area contributed by atoms with Crippen LogP contribution in [0.2, 0.25) is 5.28 Å². The number of amides is 1. The minimum Gasteiger partial charge on any atom is -0.391 e. The average Bonchev–Trinajstić information content (AvgIpc) is 2.57. The molecule has 1 aromatic heterocycles. The number of halogens is 1. The Morgan fingerprint density at radius 3 is 2.88 bits per heavy atom. The first-order chi connectivity index (χ1) is 7.99. The van der Waals surface area contributed by atoms with Gasteiger partial charge in [-0.05, 0) is 11.6 Å². The molecule has 1 N–H and O–H groups in total. The van der Waals surface area contributed by atoms with Crippen LogP contribution in [-0.2, 0) is 4.79 Å². The molecule has 2 rings (SSSR count). The second-order valence-electron chi connectivity index (χ2n) is 3.47. The molecule has 8 nitrogen and oxygen atoms in total. The van der Waals surface area contributed by atoms with Crippen molar-refractivity contribution < 1.29 is 14.8 Å². The number of anilines is 1. The van der Waals surface area contributed by atoms with Crippen molar-refractivity contribution in [2.24, 2.45) is 0 Å². The second-order valence-corrected chi connectivity index (χ2v) is 3.81. The van der Waals surface area contributed by atoms with Gasteiger partial charge in [0.2, 0.25) is 17.0 Å². The number of β-amino-alcohol motifs (C(OH)–C–C–N with tert-alkyl or cyclic N) is 1. The molecule has 9 heteroatoms. The van der Waals surface area contributed by atoms with Crippen LogP contribution >= 0.6 is 11.6 Å². The summed E-state index contributed by atoms with van der Waals surface area (Å²) in [6.07, 6.45) is -0.00243. The van der Waals surface area contributed by atoms with Crippen LogP contribution in [0.25, 0.3) is 0 Å². The molecule has 1 atom stereocenters. The Morgan fingerprint density at radius 2 is 2.35 bits per heavy atom. The number of rotatable bonds is 2. The number of aliphatic hydroxyl groups is 1. The first-order valence-electron chi connectivity index (χ1n) is 4.64. The summed E-state index contributed by atoms with van der Waals surface area (Å²) in [5.74, 6) is -0.619. The minimum atomic E-state index is -0.851. The van der Waals surface area contributed by atoms with E-state index in [1.807, 2.05) is 0 Å². The van der Waals surface area contributed by atoms with Gasteiger partial charge in [0.25, 0.3) is 0 Å². The Kier molecular flexibility index (Phi) is 2.90. The Hall–Kier alpha value is -1.80. The van der Waals surface area contributed by atoms with Gasteiger partial charge >= 0.3 is 5.69 Å². The van der Waals surface area contributed by atoms with E-state index in [1.165, 1.54) is 0 Å². The summed E-state index contributed by atoms with van der Waals surface area (Å²) in [5.41, 5.74) is -0.420. The van der Waals surface area contributed by atoms with Crippen molar-refractivity contribution in [3.8, 4) is 0 Å². The lowest BCUT2D eigenvalue weighted by atomic mass is 10.3. The zero-order chi connectivity index (χ0) is 12.6. The lowest BCUT2D eigenvalue weighted by Gasteiger charge is -2.13. The molecule has 1 aliphatic rings. The van der Waals surface area contributed by atoms with Gasteiger partial charge in [-0.25, -0.2) is 4.98 Å². The highest BCUT2D eigenvalue weighted by atomic mass is 35.5. The van der Waals surface area contributed by atoms with Crippen LogP contribution in [0.15, 0.2) is 6.20 Å². The fourth-order valence-corrected chi connectivity index (χ4v) is 1.70. The number of aliphatic hydroxyl groups excluding tert-OH is 1. The van der Waals surface area contributed by atoms with E-state index in [1.54, 1.807) is 0 Å². The van der Waals surface area contributed by atoms with Gasteiger partial charge in [0.15, 0.2) is 0 Å². The number of carbonyl (C=O) groups excluding carboxylic acids is 1. The number of carbonyl (C=O) groups is 1. The van der Waals surface area contributed by atoms with Gasteiger partial charge in [-0.2, -0.15) is 4.98 Å². The summed E-state index contributed by atoms with van der Waals surface area (Å²) < 4.78 is 0. The maximum atomic E-state index is 11.5. The van der Waals surface area contributed by atoms with Crippen LogP contribution in [0.4, 0.5) is 11.5 Å². The van der Waals surface area contributed by atoms with Gasteiger partial charge in [-0.3, -0.25) is 19.8 Å². The van der Waals surface area contributed by atoms with Gasteiger partial charge in [-0.1, -0.05) is 0 Å². The zero-order valence-electron chi connectivity index (χ0n) is 8.41. The van der Waals surface area contributed by atoms with Gasteiger partial charge in [0.1, 0.15) is 6.20 Å². The molecule has 1 aromatic rings. The van der Waals surface area contributed by atoms with E-state index in [0.717, 1.165) is 11.1 Å². The molecule has 0 bridgehead atoms. The predicted octanol–water partition coefficient (Wildman–Crippen LogP) is 0.136. The lowest BCUT2D eigenvalue weighted by Crippen LogP contribution is -2.27. The first-order valence-corrected chi connectivity index (χ1v) is 5.02. The molecule has 17 heavy (non-hydrogen) atoms. The van der Waals surface area contributed by atoms with Crippen molar-refractivity contribution in [1.82, 2.24) is 9.97 Å². The lowest BCUT2D eigenvalue weighted by molar-refractivity contribution is -0.384. The fourth-order valence-electron chi connectivity index (χ4n) is 1.57. The van der Waals surface area contributed by atoms with Crippen LogP contribution in [0.1, 0.15) is 6.42 Å². The zero-order valence-corrected chi connectivity index (χ0v) is 9.16. The molecular formula is C8H7ClN4O4. The third-order valence-corrected chi connectivity index (χ3v) is 2.46. The monoisotopic (exact) mass is 258 g/mol. The number of aromatic nitrogens is 2. The largest absolute Gasteiger partial charge is 0.391 e. The standard InChI is InChI=1S/C8H7ClN4O4/c9-8-10-2-5(13(16)17)7(11-8)12-3-4(14)1-6(12)15/h2,4,14H,1,3H2. The summed E-state index contributed by atoms with van der Waals surface area (Å²) in [7, 11) is 0. The SMILES string of the molecule is O=C1CC(O)CN1c1nc(Cl)ncc1[N+](=O)[O-]. The molecular weight excluding hydrogens is 252 g/mol. The maximum absolute atomic E-state index is 11.5. The molecule has 90 valence electrons. The normalized spacial score (nSPS) is 19.8. The van der Waals surface area contributed by atoms with E-state index in [0.29, 0.717) is 0 Å². The predicted molar refractivity (Wildman–Crippen MR) is 56.7 cm³/mol. The third-order valence-electron chi connectivity index (χ3n) is 2.28. The molecule has 1 aliphatic heterocycles. The summed E-state index contributed by atoms with van der Waals surface area (Å²) in [6, 6.07) is 0. The van der Waals surface area contributed by atoms with Crippen molar-refractivity contribution in [2.75, 3.05) is 11.4 Å². The first kappa shape index (κ1) is 11.7. The van der Waals surface area contributed by atoms with Crippen molar-refractivity contribution in [3.63, 3.8) is 0 Å². The number of hydrogen-bond acceptors (Lipinski definition) is 6. The van der Waals surface area contributed by atoms with Gasteiger partial charge in [0.05, 0.1) is 24.0 Å². The molecule has 0 aliphatic carbocycles. The van der Waals surface area contributed by atoms with Gasteiger partial charge in [0, 0.05) is 0 Å². The van der Waals surface area contributed by atoms with Gasteiger partial charge < -0.3 is 5.11 Å². The van der Waals surface area contributed by atoms with Crippen LogP contribution in [0.5, 0.6) is 0 Å². The number of nitro groups is 1. The Morgan fingerprint density at radius 1 is 1.65 bits per heavy atom. The average molecular weight is 259 g/mol. The van der Waals surface area contributed by atoms with Crippen LogP contribution in [0, 0.1) is 10.1 Å². The Bertz CT molecular complexity index is 494. The van der Waals surface area contributed by atoms with Crippen molar-refractivity contribution in [3.05, 3.63) is 21.6 Å². The van der Waals surface area contributed by atoms with Crippen LogP contribution < -0.4 is 4.90 Å². The van der Waals surface area contributed by atoms with E-state index in [4.69, 9.17) is 11.6 Å². The maximum Gasteiger partial charge on any atom is 0.330 e. The van der Waals surface area contributed by atoms with Crippen LogP contribution in [0.3, 0.4) is 0 Å². The van der Waals surface area contributed by atoms with E-state index >= 15 is 0 Å². The summed E-state index contributed by atoms with van der Waals surface area (Å²) in [4.78, 5) is 29.8. The van der Waals surface area contributed by atoms with Crippen LogP contribution in [-0.4, -0.2) is 38.6 Å². The highest BCUT2D eigenvalue weighted by molar-refractivity contribution is 6.28. The number of hydrogen-bond donors (Lipinski definition) is 1. The van der Waals surface area contributed by atoms with Crippen molar-refractivity contribution in [1.29, 1.82) is 0 Å².